The van der Waals surface area contributed by atoms with E-state index >= 15 is 0 Å². The van der Waals surface area contributed by atoms with E-state index in [4.69, 9.17) is 19.7 Å². The zero-order chi connectivity index (χ0) is 27.2. The molecule has 1 saturated carbocycles. The van der Waals surface area contributed by atoms with E-state index in [1.54, 1.807) is 7.11 Å². The predicted molar refractivity (Wildman–Crippen MR) is 141 cm³/mol. The van der Waals surface area contributed by atoms with E-state index in [0.717, 1.165) is 40.8 Å². The van der Waals surface area contributed by atoms with Gasteiger partial charge in [0.1, 0.15) is 18.5 Å². The van der Waals surface area contributed by atoms with Crippen molar-refractivity contribution in [2.45, 2.75) is 76.9 Å². The first-order valence-electron chi connectivity index (χ1n) is 13.1. The molecule has 204 valence electrons. The van der Waals surface area contributed by atoms with Crippen molar-refractivity contribution in [1.29, 1.82) is 0 Å². The molecule has 1 amide bonds. The first-order valence-corrected chi connectivity index (χ1v) is 13.1. The molecule has 1 unspecified atom stereocenters. The number of nitrogens with two attached hydrogens (primary N) is 1. The molecular formula is C28H36N4O6. The van der Waals surface area contributed by atoms with Crippen molar-refractivity contribution >= 4 is 5.91 Å². The van der Waals surface area contributed by atoms with Gasteiger partial charge in [0.05, 0.1) is 13.2 Å². The number of aryl methyl sites for hydroxylation is 2. The molecule has 0 saturated heterocycles. The van der Waals surface area contributed by atoms with Crippen LogP contribution in [-0.2, 0) is 11.2 Å². The Morgan fingerprint density at radius 1 is 1.13 bits per heavy atom. The smallest absolute Gasteiger partial charge is 0.258 e. The van der Waals surface area contributed by atoms with E-state index in [1.165, 1.54) is 19.3 Å². The second-order valence-electron chi connectivity index (χ2n) is 9.83. The van der Waals surface area contributed by atoms with Crippen LogP contribution in [0.1, 0.15) is 68.2 Å². The number of benzene rings is 1. The molecule has 10 nitrogen and oxygen atoms in total. The highest BCUT2D eigenvalue weighted by atomic mass is 16.5. The van der Waals surface area contributed by atoms with Crippen molar-refractivity contribution in [3.05, 3.63) is 41.1 Å². The summed E-state index contributed by atoms with van der Waals surface area (Å²) >= 11 is 0. The maximum absolute atomic E-state index is 11.0. The molecule has 0 bridgehead atoms. The van der Waals surface area contributed by atoms with Gasteiger partial charge < -0.3 is 29.9 Å². The minimum Gasteiger partial charge on any atom is -0.490 e. The van der Waals surface area contributed by atoms with Gasteiger partial charge in [-0.3, -0.25) is 4.79 Å². The molecule has 10 heteroatoms. The minimum atomic E-state index is -1.42. The summed E-state index contributed by atoms with van der Waals surface area (Å²) in [6, 6.07) is 7.66. The molecule has 0 spiro atoms. The van der Waals surface area contributed by atoms with Crippen molar-refractivity contribution in [2.24, 2.45) is 5.73 Å². The summed E-state index contributed by atoms with van der Waals surface area (Å²) in [7, 11) is 1.60. The fourth-order valence-electron chi connectivity index (χ4n) is 4.89. The Balaban J connectivity index is 1.55. The van der Waals surface area contributed by atoms with Gasteiger partial charge in [-0.05, 0) is 55.5 Å². The maximum Gasteiger partial charge on any atom is 0.258 e. The molecule has 0 aliphatic heterocycles. The van der Waals surface area contributed by atoms with Gasteiger partial charge in [0.25, 0.3) is 5.89 Å². The first kappa shape index (κ1) is 27.5. The quantitative estimate of drug-likeness (QED) is 0.340. The Kier molecular flexibility index (Phi) is 8.96. The Morgan fingerprint density at radius 2 is 1.89 bits per heavy atom. The number of hydrogen-bond acceptors (Lipinski definition) is 9. The number of amides is 1. The van der Waals surface area contributed by atoms with Crippen LogP contribution in [0.2, 0.25) is 0 Å². The summed E-state index contributed by atoms with van der Waals surface area (Å²) in [5, 5.41) is 23.9. The SMILES string of the molecule is CCc1cc(-c2noc(-c3cc(OC)nc(C4CCCCC4)c3)n2)cc(C)c1OC[C@@H](O)CC(O)C(N)=O. The van der Waals surface area contributed by atoms with Crippen LogP contribution in [0.5, 0.6) is 11.6 Å². The maximum atomic E-state index is 11.0. The number of methoxy groups -OCH3 is 1. The van der Waals surface area contributed by atoms with Crippen LogP contribution < -0.4 is 15.2 Å². The zero-order valence-electron chi connectivity index (χ0n) is 22.1. The van der Waals surface area contributed by atoms with E-state index in [2.05, 4.69) is 15.1 Å². The summed E-state index contributed by atoms with van der Waals surface area (Å²) in [6.07, 6.45) is 3.92. The normalized spacial score (nSPS) is 15.7. The average molecular weight is 525 g/mol. The summed E-state index contributed by atoms with van der Waals surface area (Å²) < 4.78 is 17.0. The molecule has 3 aromatic rings. The van der Waals surface area contributed by atoms with E-state index in [9.17, 15) is 15.0 Å². The van der Waals surface area contributed by atoms with Gasteiger partial charge in [-0.1, -0.05) is 31.3 Å². The molecule has 0 radical (unpaired) electrons. The molecular weight excluding hydrogens is 488 g/mol. The Labute approximate surface area is 222 Å². The summed E-state index contributed by atoms with van der Waals surface area (Å²) in [6.45, 7) is 3.81. The first-order chi connectivity index (χ1) is 18.3. The van der Waals surface area contributed by atoms with Crippen LogP contribution >= 0.6 is 0 Å². The molecule has 4 rings (SSSR count). The molecule has 2 heterocycles. The lowest BCUT2D eigenvalue weighted by molar-refractivity contribution is -0.127. The monoisotopic (exact) mass is 524 g/mol. The van der Waals surface area contributed by atoms with Crippen molar-refractivity contribution in [2.75, 3.05) is 13.7 Å². The topological polar surface area (TPSA) is 154 Å². The molecule has 1 aliphatic carbocycles. The Hall–Kier alpha value is -3.50. The molecule has 1 fully saturated rings. The summed E-state index contributed by atoms with van der Waals surface area (Å²) in [5.74, 6) is 1.52. The van der Waals surface area contributed by atoms with E-state index in [1.807, 2.05) is 38.1 Å². The van der Waals surface area contributed by atoms with Crippen LogP contribution in [0, 0.1) is 6.92 Å². The van der Waals surface area contributed by atoms with E-state index < -0.39 is 18.1 Å². The van der Waals surface area contributed by atoms with Gasteiger partial charge >= 0.3 is 0 Å². The number of aliphatic hydroxyl groups is 2. The second kappa shape index (κ2) is 12.4. The highest BCUT2D eigenvalue weighted by molar-refractivity contribution is 5.78. The van der Waals surface area contributed by atoms with Crippen LogP contribution in [0.15, 0.2) is 28.8 Å². The highest BCUT2D eigenvalue weighted by Gasteiger charge is 2.22. The van der Waals surface area contributed by atoms with Gasteiger partial charge in [0, 0.05) is 35.2 Å². The van der Waals surface area contributed by atoms with Crippen LogP contribution in [-0.4, -0.2) is 57.2 Å². The van der Waals surface area contributed by atoms with E-state index in [0.29, 0.717) is 35.7 Å². The Morgan fingerprint density at radius 3 is 2.58 bits per heavy atom. The van der Waals surface area contributed by atoms with Crippen LogP contribution in [0.3, 0.4) is 0 Å². The van der Waals surface area contributed by atoms with Crippen molar-refractivity contribution in [3.8, 4) is 34.5 Å². The van der Waals surface area contributed by atoms with E-state index in [-0.39, 0.29) is 13.0 Å². The number of nitrogens with zero attached hydrogens (tertiary/aromatic N) is 3. The van der Waals surface area contributed by atoms with Gasteiger partial charge in [-0.25, -0.2) is 4.98 Å². The highest BCUT2D eigenvalue weighted by Crippen LogP contribution is 2.36. The summed E-state index contributed by atoms with van der Waals surface area (Å²) in [5.41, 5.74) is 9.34. The second-order valence-corrected chi connectivity index (χ2v) is 9.83. The standard InChI is InChI=1S/C28H36N4O6/c1-4-17-11-19(10-16(2)25(17)37-15-21(33)14-23(34)26(29)35)27-31-28(38-32-27)20-12-22(30-24(13-20)36-3)18-8-6-5-7-9-18/h10-13,18,21,23,33-34H,4-9,14-15H2,1-3H3,(H2,29,35)/t21-,23?/m0/s1. The number of primary amides is 1. The predicted octanol–water partition coefficient (Wildman–Crippen LogP) is 3.70. The molecule has 1 aliphatic rings. The molecule has 2 atom stereocenters. The van der Waals surface area contributed by atoms with Gasteiger partial charge in [0.2, 0.25) is 17.6 Å². The lowest BCUT2D eigenvalue weighted by atomic mass is 9.86. The number of rotatable bonds is 11. The number of carbonyl (C=O) groups is 1. The van der Waals surface area contributed by atoms with Gasteiger partial charge in [-0.15, -0.1) is 0 Å². The largest absolute Gasteiger partial charge is 0.490 e. The third kappa shape index (κ3) is 6.49. The van der Waals surface area contributed by atoms with Crippen LogP contribution in [0.25, 0.3) is 22.8 Å². The number of carbonyl (C=O) groups excluding carboxylic acids is 1. The van der Waals surface area contributed by atoms with Crippen molar-refractivity contribution in [1.82, 2.24) is 15.1 Å². The van der Waals surface area contributed by atoms with Gasteiger partial charge in [-0.2, -0.15) is 4.98 Å². The fourth-order valence-corrected chi connectivity index (χ4v) is 4.89. The van der Waals surface area contributed by atoms with Crippen LogP contribution in [0.4, 0.5) is 0 Å². The third-order valence-electron chi connectivity index (χ3n) is 6.96. The summed E-state index contributed by atoms with van der Waals surface area (Å²) in [4.78, 5) is 20.4. The molecule has 4 N–H and O–H groups in total. The number of aliphatic hydroxyl groups excluding tert-OH is 2. The number of pyridine rings is 1. The molecule has 1 aromatic carbocycles. The van der Waals surface area contributed by atoms with Crippen molar-refractivity contribution < 1.29 is 29.0 Å². The zero-order valence-corrected chi connectivity index (χ0v) is 22.1. The molecule has 2 aromatic heterocycles. The number of aromatic nitrogens is 3. The lowest BCUT2D eigenvalue weighted by Gasteiger charge is -2.21. The Bertz CT molecular complexity index is 1250. The van der Waals surface area contributed by atoms with Crippen molar-refractivity contribution in [3.63, 3.8) is 0 Å². The van der Waals surface area contributed by atoms with Gasteiger partial charge in [0.15, 0.2) is 0 Å². The minimum absolute atomic E-state index is 0.0862. The lowest BCUT2D eigenvalue weighted by Crippen LogP contribution is -2.33. The fraction of sp³-hybridized carbons (Fsp3) is 0.500. The number of ether oxygens (including phenoxy) is 2. The number of hydrogen-bond donors (Lipinski definition) is 3. The molecule has 38 heavy (non-hydrogen) atoms. The third-order valence-corrected chi connectivity index (χ3v) is 6.96. The average Bonchev–Trinajstić information content (AvgIpc) is 3.42.